The summed E-state index contributed by atoms with van der Waals surface area (Å²) in [6.45, 7) is 1.92. The molecule has 0 N–H and O–H groups in total. The molecule has 1 fully saturated rings. The van der Waals surface area contributed by atoms with Gasteiger partial charge in [-0.15, -0.1) is 0 Å². The van der Waals surface area contributed by atoms with E-state index in [2.05, 4.69) is 0 Å². The van der Waals surface area contributed by atoms with E-state index in [0.29, 0.717) is 0 Å². The Balaban J connectivity index is 2.41. The molecule has 0 aromatic heterocycles. The molecule has 0 aliphatic carbocycles. The van der Waals surface area contributed by atoms with Gasteiger partial charge in [-0.25, -0.2) is 0 Å². The number of hydrogen-bond donors (Lipinski definition) is 0. The molecule has 3 heteroatoms. The third-order valence-corrected chi connectivity index (χ3v) is 1.91. The van der Waals surface area contributed by atoms with Crippen molar-refractivity contribution in [3.63, 3.8) is 0 Å². The summed E-state index contributed by atoms with van der Waals surface area (Å²) in [6, 6.07) is 0. The highest BCUT2D eigenvalue weighted by Gasteiger charge is 2.35. The minimum Gasteiger partial charge on any atom is -0.356 e. The minimum absolute atomic E-state index is 0.0788. The van der Waals surface area contributed by atoms with Gasteiger partial charge in [-0.2, -0.15) is 0 Å². The first-order valence-corrected chi connectivity index (χ1v) is 3.46. The maximum absolute atomic E-state index is 5.40. The second-order valence-corrected chi connectivity index (χ2v) is 2.66. The average Bonchev–Trinajstić information content (AvgIpc) is 2.33. The van der Waals surface area contributed by atoms with Gasteiger partial charge in [0, 0.05) is 27.1 Å². The van der Waals surface area contributed by atoms with Crippen molar-refractivity contribution in [2.45, 2.75) is 31.8 Å². The molecule has 1 saturated heterocycles. The zero-order chi connectivity index (χ0) is 7.61. The molecule has 0 unspecified atom stereocenters. The van der Waals surface area contributed by atoms with Gasteiger partial charge in [0.1, 0.15) is 0 Å². The summed E-state index contributed by atoms with van der Waals surface area (Å²) in [5, 5.41) is 0. The van der Waals surface area contributed by atoms with Gasteiger partial charge >= 0.3 is 0 Å². The molecule has 3 nitrogen and oxygen atoms in total. The molecular formula is C7H14O3. The first-order chi connectivity index (χ1) is 4.70. The molecule has 1 rings (SSSR count). The number of hydrogen-bond acceptors (Lipinski definition) is 3. The highest BCUT2D eigenvalue weighted by molar-refractivity contribution is 4.71. The van der Waals surface area contributed by atoms with Crippen molar-refractivity contribution in [3.8, 4) is 0 Å². The molecule has 0 aromatic rings. The second-order valence-electron chi connectivity index (χ2n) is 2.66. The smallest absolute Gasteiger partial charge is 0.168 e. The van der Waals surface area contributed by atoms with Gasteiger partial charge in [0.25, 0.3) is 0 Å². The molecule has 0 radical (unpaired) electrons. The minimum atomic E-state index is -0.416. The summed E-state index contributed by atoms with van der Waals surface area (Å²) >= 11 is 0. The lowest BCUT2D eigenvalue weighted by Gasteiger charge is -2.21. The Morgan fingerprint density at radius 3 is 2.50 bits per heavy atom. The Bertz CT molecular complexity index is 115. The van der Waals surface area contributed by atoms with E-state index in [0.717, 1.165) is 12.8 Å². The Hall–Kier alpha value is -0.120. The van der Waals surface area contributed by atoms with Crippen LogP contribution < -0.4 is 0 Å². The Morgan fingerprint density at radius 2 is 2.20 bits per heavy atom. The van der Waals surface area contributed by atoms with Crippen LogP contribution in [0.3, 0.4) is 0 Å². The van der Waals surface area contributed by atoms with E-state index in [1.54, 1.807) is 14.2 Å². The van der Waals surface area contributed by atoms with Gasteiger partial charge in [0.2, 0.25) is 0 Å². The third kappa shape index (κ3) is 1.48. The fraction of sp³-hybridized carbons (Fsp3) is 1.00. The fourth-order valence-corrected chi connectivity index (χ4v) is 1.09. The van der Waals surface area contributed by atoms with E-state index in [4.69, 9.17) is 14.2 Å². The summed E-state index contributed by atoms with van der Waals surface area (Å²) in [5.74, 6) is -0.416. The average molecular weight is 146 g/mol. The van der Waals surface area contributed by atoms with Crippen LogP contribution in [0.15, 0.2) is 0 Å². The van der Waals surface area contributed by atoms with Crippen LogP contribution in [0.4, 0.5) is 0 Å². The van der Waals surface area contributed by atoms with Gasteiger partial charge in [-0.1, -0.05) is 0 Å². The summed E-state index contributed by atoms with van der Waals surface area (Å²) in [4.78, 5) is 0. The zero-order valence-electron chi connectivity index (χ0n) is 6.72. The van der Waals surface area contributed by atoms with Crippen molar-refractivity contribution in [2.24, 2.45) is 0 Å². The Labute approximate surface area is 61.3 Å². The molecule has 10 heavy (non-hydrogen) atoms. The lowest BCUT2D eigenvalue weighted by molar-refractivity contribution is -0.246. The largest absolute Gasteiger partial charge is 0.356 e. The molecule has 0 bridgehead atoms. The topological polar surface area (TPSA) is 27.7 Å². The predicted octanol–water partition coefficient (Wildman–Crippen LogP) is 1.13. The summed E-state index contributed by atoms with van der Waals surface area (Å²) in [7, 11) is 3.30. The number of rotatable bonds is 2. The van der Waals surface area contributed by atoms with Crippen molar-refractivity contribution in [1.82, 2.24) is 0 Å². The molecule has 1 aliphatic heterocycles. The fourth-order valence-electron chi connectivity index (χ4n) is 1.09. The normalized spacial score (nSPS) is 40.5. The van der Waals surface area contributed by atoms with E-state index in [9.17, 15) is 0 Å². The van der Waals surface area contributed by atoms with Crippen LogP contribution in [-0.2, 0) is 14.2 Å². The van der Waals surface area contributed by atoms with Crippen LogP contribution in [-0.4, -0.2) is 26.3 Å². The Kier molecular flexibility index (Phi) is 2.28. The van der Waals surface area contributed by atoms with Crippen molar-refractivity contribution in [3.05, 3.63) is 0 Å². The van der Waals surface area contributed by atoms with Crippen molar-refractivity contribution in [2.75, 3.05) is 14.2 Å². The predicted molar refractivity (Wildman–Crippen MR) is 36.5 cm³/mol. The lowest BCUT2D eigenvalue weighted by atomic mass is 10.2. The molecule has 1 aliphatic rings. The Morgan fingerprint density at radius 1 is 1.50 bits per heavy atom. The third-order valence-electron chi connectivity index (χ3n) is 1.91. The van der Waals surface area contributed by atoms with Crippen LogP contribution in [0.2, 0.25) is 0 Å². The van der Waals surface area contributed by atoms with E-state index >= 15 is 0 Å². The molecule has 60 valence electrons. The maximum atomic E-state index is 5.40. The van der Waals surface area contributed by atoms with Gasteiger partial charge in [-0.05, 0) is 6.92 Å². The SMILES string of the molecule is CO[C@@H]1CC[C@](C)(OC)O1. The van der Waals surface area contributed by atoms with Crippen molar-refractivity contribution >= 4 is 0 Å². The van der Waals surface area contributed by atoms with E-state index in [-0.39, 0.29) is 6.29 Å². The van der Waals surface area contributed by atoms with Gasteiger partial charge in [0.15, 0.2) is 12.1 Å². The van der Waals surface area contributed by atoms with Crippen LogP contribution in [0, 0.1) is 0 Å². The molecule has 0 spiro atoms. The molecular weight excluding hydrogens is 132 g/mol. The van der Waals surface area contributed by atoms with Crippen LogP contribution >= 0.6 is 0 Å². The van der Waals surface area contributed by atoms with Gasteiger partial charge < -0.3 is 14.2 Å². The van der Waals surface area contributed by atoms with E-state index in [1.807, 2.05) is 6.92 Å². The first kappa shape index (κ1) is 7.98. The quantitative estimate of drug-likeness (QED) is 0.584. The molecule has 0 saturated carbocycles. The molecule has 1 heterocycles. The van der Waals surface area contributed by atoms with E-state index in [1.165, 1.54) is 0 Å². The van der Waals surface area contributed by atoms with Crippen LogP contribution in [0.5, 0.6) is 0 Å². The number of ether oxygens (including phenoxy) is 3. The highest BCUT2D eigenvalue weighted by atomic mass is 16.8. The first-order valence-electron chi connectivity index (χ1n) is 3.46. The summed E-state index contributed by atoms with van der Waals surface area (Å²) in [6.07, 6.45) is 1.74. The van der Waals surface area contributed by atoms with Gasteiger partial charge in [-0.3, -0.25) is 0 Å². The van der Waals surface area contributed by atoms with Gasteiger partial charge in [0.05, 0.1) is 0 Å². The summed E-state index contributed by atoms with van der Waals surface area (Å²) < 4.78 is 15.5. The molecule has 0 aromatic carbocycles. The zero-order valence-corrected chi connectivity index (χ0v) is 6.72. The molecule has 2 atom stereocenters. The van der Waals surface area contributed by atoms with Crippen LogP contribution in [0.25, 0.3) is 0 Å². The standard InChI is InChI=1S/C7H14O3/c1-7(9-3)5-4-6(8-2)10-7/h6H,4-5H2,1-3H3/t6-,7+/m0/s1. The highest BCUT2D eigenvalue weighted by Crippen LogP contribution is 2.30. The number of methoxy groups -OCH3 is 2. The monoisotopic (exact) mass is 146 g/mol. The second kappa shape index (κ2) is 2.86. The van der Waals surface area contributed by atoms with Crippen molar-refractivity contribution < 1.29 is 14.2 Å². The summed E-state index contributed by atoms with van der Waals surface area (Å²) in [5.41, 5.74) is 0. The van der Waals surface area contributed by atoms with E-state index < -0.39 is 5.79 Å². The molecule has 0 amide bonds. The van der Waals surface area contributed by atoms with Crippen LogP contribution in [0.1, 0.15) is 19.8 Å². The maximum Gasteiger partial charge on any atom is 0.168 e. The lowest BCUT2D eigenvalue weighted by Crippen LogP contribution is -2.27. The van der Waals surface area contributed by atoms with Crippen molar-refractivity contribution in [1.29, 1.82) is 0 Å².